The highest BCUT2D eigenvalue weighted by molar-refractivity contribution is 5.72. The Morgan fingerprint density at radius 2 is 0.606 bits per heavy atom. The summed E-state index contributed by atoms with van der Waals surface area (Å²) >= 11 is 0. The van der Waals surface area contributed by atoms with Crippen molar-refractivity contribution in [3.05, 3.63) is 0 Å². The fourth-order valence-corrected chi connectivity index (χ4v) is 3.66. The Bertz CT molecular complexity index is 1750. The number of hydrogen-bond acceptors (Lipinski definition) is 7. The minimum absolute atomic E-state index is 0.0362. The van der Waals surface area contributed by atoms with E-state index in [1.807, 2.05) is 4.74 Å². The maximum absolute atomic E-state index is 14.2. The van der Waals surface area contributed by atoms with Crippen LogP contribution in [0.3, 0.4) is 0 Å². The Morgan fingerprint density at radius 1 is 0.338 bits per heavy atom. The summed E-state index contributed by atoms with van der Waals surface area (Å²) in [5.74, 6) is -66.5. The summed E-state index contributed by atoms with van der Waals surface area (Å²) in [7, 11) is 0. The monoisotopic (exact) mass is 1140 g/mol. The summed E-state index contributed by atoms with van der Waals surface area (Å²) in [5, 5.41) is 0. The van der Waals surface area contributed by atoms with Crippen LogP contribution in [0.1, 0.15) is 53.4 Å². The molecule has 0 amide bonds. The normalized spacial score (nSPS) is 18.3. The van der Waals surface area contributed by atoms with Crippen LogP contribution in [-0.4, -0.2) is 122 Å². The van der Waals surface area contributed by atoms with Crippen LogP contribution in [-0.2, 0) is 33.3 Å². The minimum atomic E-state index is -8.49. The molecule has 0 aliphatic carbocycles. The third-order valence-electron chi connectivity index (χ3n) is 8.43. The standard InChI is InChI=1S/C15H13F17O4.C15H13F17O3/c1-3-6(2)7(33)34-5-4-8(16,11(20,21)22)35-15(31,32)10(19,13(26,27)28)36-14(29,30)9(17,18)12(23,24)25;1-3-6(2)7(33)34-5-4-8(16,13(25,26)27)35-15(31,32)12(23,24)10(19,20)9(17,18)11(21,22)14(28,29)30/h6H,3-5H2,1-2H3;6H,3-5H2,1-2H3. The van der Waals surface area contributed by atoms with Crippen LogP contribution < -0.4 is 0 Å². The molecular weight excluding hydrogens is 1120 g/mol. The van der Waals surface area contributed by atoms with Gasteiger partial charge >= 0.3 is 108 Å². The average Bonchev–Trinajstić information content (AvgIpc) is 3.13. The van der Waals surface area contributed by atoms with Crippen LogP contribution in [0.2, 0.25) is 0 Å². The summed E-state index contributed by atoms with van der Waals surface area (Å²) in [4.78, 5) is 22.6. The van der Waals surface area contributed by atoms with Gasteiger partial charge in [0.25, 0.3) is 0 Å². The number of carbonyl (C=O) groups excluding carboxylic acids is 2. The Hall–Kier alpha value is -3.56. The van der Waals surface area contributed by atoms with Gasteiger partial charge in [0.1, 0.15) is 0 Å². The molecule has 41 heteroatoms. The first kappa shape index (κ1) is 69.5. The molecule has 0 aliphatic rings. The number of halogens is 34. The van der Waals surface area contributed by atoms with Crippen LogP contribution in [0.25, 0.3) is 0 Å². The molecule has 0 aromatic rings. The number of carbonyl (C=O) groups is 2. The topological polar surface area (TPSA) is 80.3 Å². The minimum Gasteiger partial charge on any atom is -0.465 e. The van der Waals surface area contributed by atoms with Crippen molar-refractivity contribution < 1.29 is 183 Å². The molecule has 0 fully saturated rings. The molecule has 0 heterocycles. The van der Waals surface area contributed by atoms with Gasteiger partial charge < -0.3 is 9.47 Å². The van der Waals surface area contributed by atoms with Crippen molar-refractivity contribution >= 4 is 11.9 Å². The van der Waals surface area contributed by atoms with Crippen LogP contribution in [0.15, 0.2) is 0 Å². The van der Waals surface area contributed by atoms with Crippen LogP contribution in [0, 0.1) is 11.8 Å². The first-order valence-corrected chi connectivity index (χ1v) is 17.5. The molecule has 0 radical (unpaired) electrons. The molecule has 0 saturated carbocycles. The second-order valence-electron chi connectivity index (χ2n) is 13.7. The van der Waals surface area contributed by atoms with Crippen molar-refractivity contribution in [1.29, 1.82) is 0 Å². The molecule has 5 atom stereocenters. The van der Waals surface area contributed by atoms with E-state index in [2.05, 4.69) is 14.2 Å². The molecule has 0 aromatic carbocycles. The molecule has 0 saturated heterocycles. The highest BCUT2D eigenvalue weighted by Gasteiger charge is 2.92. The molecule has 0 bridgehead atoms. The Labute approximate surface area is 370 Å². The van der Waals surface area contributed by atoms with Gasteiger partial charge in [0, 0.05) is 0 Å². The largest absolute Gasteiger partial charge is 0.465 e. The van der Waals surface area contributed by atoms with Crippen molar-refractivity contribution in [2.75, 3.05) is 13.2 Å². The smallest absolute Gasteiger partial charge is 0.462 e. The zero-order valence-corrected chi connectivity index (χ0v) is 34.1. The van der Waals surface area contributed by atoms with Gasteiger partial charge in [0.15, 0.2) is 0 Å². The van der Waals surface area contributed by atoms with E-state index in [1.54, 1.807) is 0 Å². The number of esters is 2. The van der Waals surface area contributed by atoms with E-state index in [0.29, 0.717) is 0 Å². The lowest BCUT2D eigenvalue weighted by molar-refractivity contribution is -0.552. The predicted molar refractivity (Wildman–Crippen MR) is 155 cm³/mol. The molecule has 0 spiro atoms. The van der Waals surface area contributed by atoms with Crippen molar-refractivity contribution in [1.82, 2.24) is 0 Å². The van der Waals surface area contributed by atoms with Crippen LogP contribution in [0.4, 0.5) is 149 Å². The zero-order valence-electron chi connectivity index (χ0n) is 34.1. The van der Waals surface area contributed by atoms with Gasteiger partial charge in [0.05, 0.1) is 37.9 Å². The maximum Gasteiger partial charge on any atom is 0.462 e. The number of hydrogen-bond donors (Lipinski definition) is 0. The van der Waals surface area contributed by atoms with Crippen molar-refractivity contribution in [2.45, 2.75) is 150 Å². The first-order chi connectivity index (χ1) is 30.6. The second-order valence-corrected chi connectivity index (χ2v) is 13.7. The van der Waals surface area contributed by atoms with Crippen molar-refractivity contribution in [2.24, 2.45) is 11.8 Å². The molecular formula is C30H26F34O7. The summed E-state index contributed by atoms with van der Waals surface area (Å²) in [6, 6.07) is 0. The fourth-order valence-electron chi connectivity index (χ4n) is 3.66. The lowest BCUT2D eigenvalue weighted by Crippen LogP contribution is -2.71. The van der Waals surface area contributed by atoms with Gasteiger partial charge in [-0.1, -0.05) is 27.7 Å². The third-order valence-corrected chi connectivity index (χ3v) is 8.43. The summed E-state index contributed by atoms with van der Waals surface area (Å²) in [6.07, 6.45) is -65.8. The van der Waals surface area contributed by atoms with Crippen molar-refractivity contribution in [3.8, 4) is 0 Å². The van der Waals surface area contributed by atoms with E-state index in [-0.39, 0.29) is 12.8 Å². The Morgan fingerprint density at radius 3 is 0.859 bits per heavy atom. The van der Waals surface area contributed by atoms with E-state index < -0.39 is 146 Å². The van der Waals surface area contributed by atoms with E-state index >= 15 is 0 Å². The van der Waals surface area contributed by atoms with Gasteiger partial charge in [-0.25, -0.2) is 8.78 Å². The molecule has 5 unspecified atom stereocenters. The summed E-state index contributed by atoms with van der Waals surface area (Å²) in [6.45, 7) is 1.02. The maximum atomic E-state index is 14.2. The highest BCUT2D eigenvalue weighted by Crippen LogP contribution is 2.62. The van der Waals surface area contributed by atoms with Gasteiger partial charge in [-0.15, -0.1) is 0 Å². The predicted octanol–water partition coefficient (Wildman–Crippen LogP) is 13.7. The van der Waals surface area contributed by atoms with Gasteiger partial charge in [-0.2, -0.15) is 140 Å². The molecule has 71 heavy (non-hydrogen) atoms. The summed E-state index contributed by atoms with van der Waals surface area (Å²) in [5.41, 5.74) is 0. The average molecular weight is 1140 g/mol. The highest BCUT2D eigenvalue weighted by atomic mass is 19.5. The zero-order chi connectivity index (χ0) is 58.1. The van der Waals surface area contributed by atoms with E-state index in [1.165, 1.54) is 18.6 Å². The quantitative estimate of drug-likeness (QED) is 0.0789. The van der Waals surface area contributed by atoms with Crippen molar-refractivity contribution in [3.63, 3.8) is 0 Å². The second kappa shape index (κ2) is 21.4. The van der Waals surface area contributed by atoms with E-state index in [4.69, 9.17) is 0 Å². The Balaban J connectivity index is 0. The fraction of sp³-hybridized carbons (Fsp3) is 0.933. The molecule has 426 valence electrons. The van der Waals surface area contributed by atoms with E-state index in [0.717, 1.165) is 13.8 Å². The SMILES string of the molecule is CCC(C)C(=O)OCCC(F)(OC(F)(F)C(F)(F)C(F)(F)C(F)(F)C(F)(F)C(F)(F)F)C(F)(F)F.CCC(C)C(=O)OCCC(F)(OC(F)(F)C(F)(OC(F)(F)C(F)(F)C(F)(F)F)C(F)(F)F)C(F)(F)F. The third kappa shape index (κ3) is 14.2. The van der Waals surface area contributed by atoms with Crippen LogP contribution >= 0.6 is 0 Å². The number of rotatable bonds is 22. The van der Waals surface area contributed by atoms with Crippen LogP contribution in [0.5, 0.6) is 0 Å². The molecule has 0 rings (SSSR count). The summed E-state index contributed by atoms with van der Waals surface area (Å²) < 4.78 is 455. The first-order valence-electron chi connectivity index (χ1n) is 17.5. The van der Waals surface area contributed by atoms with Gasteiger partial charge in [-0.3, -0.25) is 23.8 Å². The number of alkyl halides is 34. The number of ether oxygens (including phenoxy) is 5. The lowest BCUT2D eigenvalue weighted by atomic mass is 9.97. The molecule has 0 aromatic heterocycles. The molecule has 0 N–H and O–H groups in total. The van der Waals surface area contributed by atoms with E-state index in [9.17, 15) is 159 Å². The molecule has 7 nitrogen and oxygen atoms in total. The molecule has 0 aliphatic heterocycles. The van der Waals surface area contributed by atoms with Gasteiger partial charge in [-0.05, 0) is 12.8 Å². The lowest BCUT2D eigenvalue weighted by Gasteiger charge is -2.41. The Kier molecular flexibility index (Phi) is 20.9. The van der Waals surface area contributed by atoms with Gasteiger partial charge in [0.2, 0.25) is 0 Å².